The summed E-state index contributed by atoms with van der Waals surface area (Å²) in [7, 11) is 0. The highest BCUT2D eigenvalue weighted by Gasteiger charge is 2.02. The summed E-state index contributed by atoms with van der Waals surface area (Å²) in [6.07, 6.45) is 0. The van der Waals surface area contributed by atoms with Crippen LogP contribution in [0.25, 0.3) is 11.1 Å². The number of nitrogens with two attached hydrogens (primary N) is 1. The average molecular weight is 386 g/mol. The van der Waals surface area contributed by atoms with Crippen molar-refractivity contribution in [3.63, 3.8) is 0 Å². The highest BCUT2D eigenvalue weighted by Crippen LogP contribution is 2.26. The Morgan fingerprint density at radius 2 is 1.43 bits per heavy atom. The van der Waals surface area contributed by atoms with Crippen molar-refractivity contribution < 1.29 is 0 Å². The van der Waals surface area contributed by atoms with E-state index in [0.717, 1.165) is 20.6 Å². The second-order valence-corrected chi connectivity index (χ2v) is 5.97. The van der Waals surface area contributed by atoms with Crippen LogP contribution in [0, 0.1) is 3.57 Å². The maximum atomic E-state index is 5.77. The van der Waals surface area contributed by atoms with E-state index in [-0.39, 0.29) is 0 Å². The van der Waals surface area contributed by atoms with Crippen molar-refractivity contribution in [2.45, 2.75) is 0 Å². The summed E-state index contributed by atoms with van der Waals surface area (Å²) < 4.78 is 1.11. The smallest absolute Gasteiger partial charge is 0.0521 e. The summed E-state index contributed by atoms with van der Waals surface area (Å²) in [6, 6.07) is 24.7. The van der Waals surface area contributed by atoms with Gasteiger partial charge >= 0.3 is 0 Å². The molecule has 0 amide bonds. The molecule has 104 valence electrons. The number of hydrogen-bond donors (Lipinski definition) is 2. The molecule has 0 aromatic heterocycles. The van der Waals surface area contributed by atoms with E-state index in [1.807, 2.05) is 24.3 Å². The summed E-state index contributed by atoms with van der Waals surface area (Å²) in [5.74, 6) is 0. The van der Waals surface area contributed by atoms with Crippen molar-refractivity contribution in [2.75, 3.05) is 11.1 Å². The van der Waals surface area contributed by atoms with E-state index >= 15 is 0 Å². The highest BCUT2D eigenvalue weighted by molar-refractivity contribution is 14.1. The number of halogens is 1. The van der Waals surface area contributed by atoms with Crippen LogP contribution in [0.15, 0.2) is 72.8 Å². The van der Waals surface area contributed by atoms with Crippen LogP contribution in [0.1, 0.15) is 0 Å². The van der Waals surface area contributed by atoms with Crippen molar-refractivity contribution in [3.05, 3.63) is 76.4 Å². The molecular formula is C18H15IN2. The average Bonchev–Trinajstić information content (AvgIpc) is 2.52. The standard InChI is InChI=1S/C18H15IN2/c19-17-12-15(20)8-11-18(17)21-16-9-6-14(7-10-16)13-4-2-1-3-5-13/h1-12,21H,20H2. The van der Waals surface area contributed by atoms with E-state index in [4.69, 9.17) is 5.73 Å². The van der Waals surface area contributed by atoms with E-state index in [1.165, 1.54) is 11.1 Å². The van der Waals surface area contributed by atoms with Crippen molar-refractivity contribution in [1.82, 2.24) is 0 Å². The number of rotatable bonds is 3. The number of anilines is 3. The highest BCUT2D eigenvalue weighted by atomic mass is 127. The minimum absolute atomic E-state index is 0.782. The van der Waals surface area contributed by atoms with E-state index < -0.39 is 0 Å². The van der Waals surface area contributed by atoms with E-state index in [0.29, 0.717) is 0 Å². The fraction of sp³-hybridized carbons (Fsp3) is 0. The first kappa shape index (κ1) is 13.9. The first-order valence-electron chi connectivity index (χ1n) is 6.70. The lowest BCUT2D eigenvalue weighted by atomic mass is 10.1. The Bertz CT molecular complexity index is 737. The van der Waals surface area contributed by atoms with Gasteiger partial charge in [0.25, 0.3) is 0 Å². The van der Waals surface area contributed by atoms with Crippen LogP contribution in [0.3, 0.4) is 0 Å². The second kappa shape index (κ2) is 6.18. The van der Waals surface area contributed by atoms with E-state index in [1.54, 1.807) is 0 Å². The second-order valence-electron chi connectivity index (χ2n) is 4.81. The fourth-order valence-electron chi connectivity index (χ4n) is 2.16. The molecule has 0 atom stereocenters. The third-order valence-corrected chi connectivity index (χ3v) is 4.16. The van der Waals surface area contributed by atoms with Crippen molar-refractivity contribution in [3.8, 4) is 11.1 Å². The molecule has 3 aromatic carbocycles. The predicted octanol–water partition coefficient (Wildman–Crippen LogP) is 5.28. The summed E-state index contributed by atoms with van der Waals surface area (Å²) in [5.41, 5.74) is 11.1. The van der Waals surface area contributed by atoms with Gasteiger partial charge in [0.2, 0.25) is 0 Å². The molecule has 3 rings (SSSR count). The summed E-state index contributed by atoms with van der Waals surface area (Å²) in [4.78, 5) is 0. The first-order valence-corrected chi connectivity index (χ1v) is 7.78. The molecule has 0 saturated carbocycles. The third-order valence-electron chi connectivity index (χ3n) is 3.26. The molecule has 3 heteroatoms. The Hall–Kier alpha value is -2.01. The Labute approximate surface area is 138 Å². The van der Waals surface area contributed by atoms with Crippen LogP contribution in [0.2, 0.25) is 0 Å². The van der Waals surface area contributed by atoms with E-state index in [2.05, 4.69) is 76.4 Å². The summed E-state index contributed by atoms with van der Waals surface area (Å²) in [5, 5.41) is 3.42. The Morgan fingerprint density at radius 1 is 0.762 bits per heavy atom. The Morgan fingerprint density at radius 3 is 2.10 bits per heavy atom. The maximum Gasteiger partial charge on any atom is 0.0521 e. The summed E-state index contributed by atoms with van der Waals surface area (Å²) >= 11 is 2.29. The maximum absolute atomic E-state index is 5.77. The largest absolute Gasteiger partial charge is 0.399 e. The van der Waals surface area contributed by atoms with Gasteiger partial charge in [-0.05, 0) is 64.0 Å². The van der Waals surface area contributed by atoms with Crippen molar-refractivity contribution in [1.29, 1.82) is 0 Å². The Balaban J connectivity index is 1.81. The van der Waals surface area contributed by atoms with Crippen LogP contribution in [0.4, 0.5) is 17.1 Å². The normalized spacial score (nSPS) is 10.3. The monoisotopic (exact) mass is 386 g/mol. The van der Waals surface area contributed by atoms with Gasteiger partial charge in [-0.3, -0.25) is 0 Å². The van der Waals surface area contributed by atoms with Gasteiger partial charge in [0, 0.05) is 14.9 Å². The Kier molecular flexibility index (Phi) is 4.10. The molecule has 0 spiro atoms. The zero-order valence-electron chi connectivity index (χ0n) is 11.4. The van der Waals surface area contributed by atoms with Crippen molar-refractivity contribution in [2.24, 2.45) is 0 Å². The van der Waals surface area contributed by atoms with Gasteiger partial charge in [-0.15, -0.1) is 0 Å². The molecule has 21 heavy (non-hydrogen) atoms. The van der Waals surface area contributed by atoms with Gasteiger partial charge in [-0.1, -0.05) is 42.5 Å². The fourth-order valence-corrected chi connectivity index (χ4v) is 2.84. The molecular weight excluding hydrogens is 371 g/mol. The molecule has 0 radical (unpaired) electrons. The van der Waals surface area contributed by atoms with Crippen LogP contribution in [0.5, 0.6) is 0 Å². The van der Waals surface area contributed by atoms with Crippen molar-refractivity contribution >= 4 is 39.7 Å². The van der Waals surface area contributed by atoms with Crippen LogP contribution < -0.4 is 11.1 Å². The minimum atomic E-state index is 0.782. The lowest BCUT2D eigenvalue weighted by Gasteiger charge is -2.10. The van der Waals surface area contributed by atoms with E-state index in [9.17, 15) is 0 Å². The number of nitrogens with one attached hydrogen (secondary N) is 1. The van der Waals surface area contributed by atoms with Crippen LogP contribution >= 0.6 is 22.6 Å². The van der Waals surface area contributed by atoms with Gasteiger partial charge in [-0.25, -0.2) is 0 Å². The molecule has 0 fully saturated rings. The molecule has 0 heterocycles. The molecule has 0 saturated heterocycles. The molecule has 0 bridgehead atoms. The zero-order chi connectivity index (χ0) is 14.7. The van der Waals surface area contributed by atoms with Gasteiger partial charge in [-0.2, -0.15) is 0 Å². The summed E-state index contributed by atoms with van der Waals surface area (Å²) in [6.45, 7) is 0. The number of nitrogen functional groups attached to an aromatic ring is 1. The van der Waals surface area contributed by atoms with Gasteiger partial charge in [0.1, 0.15) is 0 Å². The minimum Gasteiger partial charge on any atom is -0.399 e. The first-order chi connectivity index (χ1) is 10.2. The van der Waals surface area contributed by atoms with Gasteiger partial charge < -0.3 is 11.1 Å². The van der Waals surface area contributed by atoms with Crippen LogP contribution in [-0.4, -0.2) is 0 Å². The third kappa shape index (κ3) is 3.36. The zero-order valence-corrected chi connectivity index (χ0v) is 13.5. The molecule has 3 aromatic rings. The van der Waals surface area contributed by atoms with Crippen LogP contribution in [-0.2, 0) is 0 Å². The molecule has 0 aliphatic heterocycles. The SMILES string of the molecule is Nc1ccc(Nc2ccc(-c3ccccc3)cc2)c(I)c1. The topological polar surface area (TPSA) is 38.0 Å². The predicted molar refractivity (Wildman–Crippen MR) is 98.7 cm³/mol. The molecule has 0 aliphatic rings. The lowest BCUT2D eigenvalue weighted by molar-refractivity contribution is 1.51. The van der Waals surface area contributed by atoms with Gasteiger partial charge in [0.05, 0.1) is 5.69 Å². The molecule has 0 unspecified atom stereocenters. The number of benzene rings is 3. The lowest BCUT2D eigenvalue weighted by Crippen LogP contribution is -1.94. The van der Waals surface area contributed by atoms with Gasteiger partial charge in [0.15, 0.2) is 0 Å². The molecule has 0 aliphatic carbocycles. The molecule has 2 nitrogen and oxygen atoms in total. The molecule has 3 N–H and O–H groups in total. The quantitative estimate of drug-likeness (QED) is 0.475. The number of hydrogen-bond acceptors (Lipinski definition) is 2.